The van der Waals surface area contributed by atoms with Crippen LogP contribution in [0, 0.1) is 6.54 Å². The van der Waals surface area contributed by atoms with Crippen LogP contribution in [0.3, 0.4) is 0 Å². The van der Waals surface area contributed by atoms with Crippen LogP contribution in [0.4, 0.5) is 5.69 Å². The number of benzene rings is 1. The predicted octanol–water partition coefficient (Wildman–Crippen LogP) is 1.22. The lowest BCUT2D eigenvalue weighted by molar-refractivity contribution is 0.892. The van der Waals surface area contributed by atoms with Crippen LogP contribution in [0.2, 0.25) is 0 Å². The Morgan fingerprint density at radius 3 is 2.64 bits per heavy atom. The zero-order chi connectivity index (χ0) is 7.52. The van der Waals surface area contributed by atoms with Crippen molar-refractivity contribution in [3.63, 3.8) is 0 Å². The summed E-state index contributed by atoms with van der Waals surface area (Å²) < 4.78 is 0. The molecule has 2 nitrogen and oxygen atoms in total. The molecule has 1 aliphatic heterocycles. The van der Waals surface area contributed by atoms with Crippen LogP contribution in [0.25, 0.3) is 0 Å². The second-order valence-electron chi connectivity index (χ2n) is 2.62. The number of hydrogen-bond acceptors (Lipinski definition) is 2. The molecule has 0 saturated carbocycles. The van der Waals surface area contributed by atoms with Crippen molar-refractivity contribution in [2.24, 2.45) is 0 Å². The Hall–Kier alpha value is -1.02. The van der Waals surface area contributed by atoms with E-state index in [-0.39, 0.29) is 0 Å². The fourth-order valence-corrected chi connectivity index (χ4v) is 1.25. The zero-order valence-corrected chi connectivity index (χ0v) is 6.33. The molecule has 0 spiro atoms. The largest absolute Gasteiger partial charge is 0.357 e. The van der Waals surface area contributed by atoms with E-state index >= 15 is 0 Å². The fraction of sp³-hybridized carbons (Fsp3) is 0.222. The molecule has 1 saturated heterocycles. The van der Waals surface area contributed by atoms with E-state index in [9.17, 15) is 0 Å². The van der Waals surface area contributed by atoms with Crippen LogP contribution in [0.1, 0.15) is 0 Å². The molecule has 1 aliphatic rings. The number of hydrogen-bond donors (Lipinski definition) is 1. The molecule has 0 amide bonds. The zero-order valence-electron chi connectivity index (χ0n) is 6.33. The van der Waals surface area contributed by atoms with Crippen molar-refractivity contribution in [3.05, 3.63) is 36.9 Å². The van der Waals surface area contributed by atoms with E-state index < -0.39 is 0 Å². The Morgan fingerprint density at radius 1 is 1.18 bits per heavy atom. The van der Waals surface area contributed by atoms with Crippen LogP contribution in [-0.4, -0.2) is 13.2 Å². The van der Waals surface area contributed by atoms with Crippen molar-refractivity contribution < 1.29 is 0 Å². The summed E-state index contributed by atoms with van der Waals surface area (Å²) in [5.74, 6) is 0. The molecular weight excluding hydrogens is 136 g/mol. The van der Waals surface area contributed by atoms with Gasteiger partial charge in [0.1, 0.15) is 0 Å². The Bertz CT molecular complexity index is 214. The standard InChI is InChI=1S/C9H11N2/c1-2-4-9(5-3-1)11-7-6-10-8-11/h1-6,10H,7-8H2. The van der Waals surface area contributed by atoms with Crippen molar-refractivity contribution in [1.82, 2.24) is 5.32 Å². The lowest BCUT2D eigenvalue weighted by Gasteiger charge is -2.15. The molecule has 1 radical (unpaired) electrons. The summed E-state index contributed by atoms with van der Waals surface area (Å²) in [5, 5.41) is 3.17. The average Bonchev–Trinajstić information content (AvgIpc) is 2.58. The maximum absolute atomic E-state index is 3.17. The molecule has 11 heavy (non-hydrogen) atoms. The molecule has 0 aliphatic carbocycles. The van der Waals surface area contributed by atoms with Crippen LogP contribution in [0.15, 0.2) is 30.3 Å². The third kappa shape index (κ3) is 1.35. The van der Waals surface area contributed by atoms with Gasteiger partial charge in [-0.05, 0) is 12.1 Å². The second-order valence-corrected chi connectivity index (χ2v) is 2.62. The second kappa shape index (κ2) is 2.93. The van der Waals surface area contributed by atoms with Crippen molar-refractivity contribution in [2.75, 3.05) is 18.1 Å². The molecule has 0 aromatic heterocycles. The monoisotopic (exact) mass is 147 g/mol. The first kappa shape index (κ1) is 6.68. The van der Waals surface area contributed by atoms with Crippen LogP contribution in [0.5, 0.6) is 0 Å². The highest BCUT2D eigenvalue weighted by molar-refractivity contribution is 5.47. The first-order valence-corrected chi connectivity index (χ1v) is 3.82. The SMILES string of the molecule is [CH]1CN(c2ccccc2)CN1. The maximum atomic E-state index is 3.17. The van der Waals surface area contributed by atoms with Gasteiger partial charge < -0.3 is 4.90 Å². The van der Waals surface area contributed by atoms with E-state index in [2.05, 4.69) is 41.0 Å². The number of anilines is 1. The van der Waals surface area contributed by atoms with Gasteiger partial charge in [0.05, 0.1) is 6.67 Å². The minimum absolute atomic E-state index is 0.935. The van der Waals surface area contributed by atoms with Gasteiger partial charge >= 0.3 is 0 Å². The topological polar surface area (TPSA) is 15.3 Å². The van der Waals surface area contributed by atoms with Crippen LogP contribution in [-0.2, 0) is 0 Å². The molecule has 57 valence electrons. The highest BCUT2D eigenvalue weighted by atomic mass is 15.3. The number of nitrogens with zero attached hydrogens (tertiary/aromatic N) is 1. The fourth-order valence-electron chi connectivity index (χ4n) is 1.25. The minimum atomic E-state index is 0.935. The summed E-state index contributed by atoms with van der Waals surface area (Å²) in [6.07, 6.45) is 0. The van der Waals surface area contributed by atoms with Crippen LogP contribution < -0.4 is 10.2 Å². The summed E-state index contributed by atoms with van der Waals surface area (Å²) in [4.78, 5) is 2.28. The van der Waals surface area contributed by atoms with Gasteiger partial charge in [0.15, 0.2) is 0 Å². The van der Waals surface area contributed by atoms with Crippen molar-refractivity contribution >= 4 is 5.69 Å². The van der Waals surface area contributed by atoms with Gasteiger partial charge in [0.25, 0.3) is 0 Å². The van der Waals surface area contributed by atoms with Gasteiger partial charge in [0.2, 0.25) is 0 Å². The van der Waals surface area contributed by atoms with E-state index in [1.54, 1.807) is 0 Å². The predicted molar refractivity (Wildman–Crippen MR) is 46.1 cm³/mol. The van der Waals surface area contributed by atoms with E-state index in [0.717, 1.165) is 13.2 Å². The van der Waals surface area contributed by atoms with E-state index in [1.165, 1.54) is 5.69 Å². The molecule has 1 fully saturated rings. The van der Waals surface area contributed by atoms with Gasteiger partial charge in [-0.2, -0.15) is 0 Å². The highest BCUT2D eigenvalue weighted by Crippen LogP contribution is 2.13. The smallest absolute Gasteiger partial charge is 0.0686 e. The molecule has 0 unspecified atom stereocenters. The molecule has 1 aromatic rings. The first-order chi connectivity index (χ1) is 5.47. The van der Waals surface area contributed by atoms with Gasteiger partial charge in [-0.1, -0.05) is 18.2 Å². The van der Waals surface area contributed by atoms with Gasteiger partial charge in [-0.3, -0.25) is 5.32 Å². The summed E-state index contributed by atoms with van der Waals surface area (Å²) >= 11 is 0. The Morgan fingerprint density at radius 2 is 2.00 bits per heavy atom. The quantitative estimate of drug-likeness (QED) is 0.642. The van der Waals surface area contributed by atoms with E-state index in [1.807, 2.05) is 6.07 Å². The minimum Gasteiger partial charge on any atom is -0.357 e. The Kier molecular flexibility index (Phi) is 1.78. The van der Waals surface area contributed by atoms with Crippen LogP contribution >= 0.6 is 0 Å². The number of para-hydroxylation sites is 1. The average molecular weight is 147 g/mol. The summed E-state index contributed by atoms with van der Waals surface area (Å²) in [5.41, 5.74) is 1.29. The van der Waals surface area contributed by atoms with E-state index in [4.69, 9.17) is 0 Å². The van der Waals surface area contributed by atoms with Crippen molar-refractivity contribution in [1.29, 1.82) is 0 Å². The van der Waals surface area contributed by atoms with Crippen molar-refractivity contribution in [3.8, 4) is 0 Å². The molecule has 0 atom stereocenters. The van der Waals surface area contributed by atoms with E-state index in [0.29, 0.717) is 0 Å². The summed E-state index contributed by atoms with van der Waals surface area (Å²) in [7, 11) is 0. The van der Waals surface area contributed by atoms with Crippen molar-refractivity contribution in [2.45, 2.75) is 0 Å². The molecule has 2 rings (SSSR count). The molecule has 1 N–H and O–H groups in total. The summed E-state index contributed by atoms with van der Waals surface area (Å²) in [6, 6.07) is 10.4. The van der Waals surface area contributed by atoms with Gasteiger partial charge in [-0.25, -0.2) is 0 Å². The molecule has 1 heterocycles. The maximum Gasteiger partial charge on any atom is 0.0686 e. The Labute approximate surface area is 66.8 Å². The number of rotatable bonds is 1. The van der Waals surface area contributed by atoms with Gasteiger partial charge in [0, 0.05) is 18.8 Å². The summed E-state index contributed by atoms with van der Waals surface area (Å²) in [6.45, 7) is 4.01. The third-order valence-corrected chi connectivity index (χ3v) is 1.86. The lowest BCUT2D eigenvalue weighted by atomic mass is 10.3. The lowest BCUT2D eigenvalue weighted by Crippen LogP contribution is -2.20. The Balaban J connectivity index is 2.16. The third-order valence-electron chi connectivity index (χ3n) is 1.86. The molecular formula is C9H11N2. The normalized spacial score (nSPS) is 17.3. The molecule has 0 bridgehead atoms. The molecule has 2 heteroatoms. The highest BCUT2D eigenvalue weighted by Gasteiger charge is 2.10. The first-order valence-electron chi connectivity index (χ1n) is 3.82. The number of nitrogens with one attached hydrogen (secondary N) is 1. The molecule has 1 aromatic carbocycles. The van der Waals surface area contributed by atoms with Gasteiger partial charge in [-0.15, -0.1) is 0 Å².